The van der Waals surface area contributed by atoms with Gasteiger partial charge in [-0.3, -0.25) is 9.89 Å². The van der Waals surface area contributed by atoms with Gasteiger partial charge in [-0.05, 0) is 12.8 Å². The molecule has 0 radical (unpaired) electrons. The minimum Gasteiger partial charge on any atom is -0.475 e. The van der Waals surface area contributed by atoms with E-state index in [9.17, 15) is 23.1 Å². The number of aliphatic carboxylic acids is 1. The number of aromatic nitrogens is 2. The predicted molar refractivity (Wildman–Crippen MR) is 71.2 cm³/mol. The van der Waals surface area contributed by atoms with Crippen molar-refractivity contribution in [3.63, 3.8) is 0 Å². The van der Waals surface area contributed by atoms with E-state index >= 15 is 0 Å². The number of carbonyl (C=O) groups is 2. The standard InChI is InChI=1S/C11H15N3O3.C2HF3O2/c15-5-10-8-3-14(4-9(8)12-13-10)11(17)6-1-7(16)2-6;3-2(4,5)1(6)7/h6-7,15-16H,1-5H2,(H,12,13);(H,6,7). The van der Waals surface area contributed by atoms with E-state index in [1.807, 2.05) is 0 Å². The minimum atomic E-state index is -5.08. The van der Waals surface area contributed by atoms with Gasteiger partial charge in [0.1, 0.15) is 0 Å². The van der Waals surface area contributed by atoms with Crippen molar-refractivity contribution in [3.05, 3.63) is 17.0 Å². The van der Waals surface area contributed by atoms with Crippen molar-refractivity contribution in [1.82, 2.24) is 15.1 Å². The van der Waals surface area contributed by atoms with Gasteiger partial charge in [0, 0.05) is 18.0 Å². The lowest BCUT2D eigenvalue weighted by Crippen LogP contribution is -2.41. The number of carboxylic acid groups (broad SMARTS) is 1. The average molecular weight is 351 g/mol. The lowest BCUT2D eigenvalue weighted by Gasteiger charge is -2.33. The number of carbonyl (C=O) groups excluding carboxylic acids is 1. The molecule has 1 aliphatic carbocycles. The number of H-pyrrole nitrogens is 1. The van der Waals surface area contributed by atoms with Crippen LogP contribution in [0.25, 0.3) is 0 Å². The number of halogens is 3. The number of hydrogen-bond acceptors (Lipinski definition) is 5. The molecular formula is C13H16F3N3O5. The molecule has 0 saturated heterocycles. The third-order valence-corrected chi connectivity index (χ3v) is 3.90. The van der Waals surface area contributed by atoms with Gasteiger partial charge in [-0.1, -0.05) is 0 Å². The van der Waals surface area contributed by atoms with Crippen molar-refractivity contribution in [3.8, 4) is 0 Å². The zero-order valence-electron chi connectivity index (χ0n) is 12.4. The summed E-state index contributed by atoms with van der Waals surface area (Å²) < 4.78 is 31.7. The Kier molecular flexibility index (Phi) is 5.13. The molecule has 24 heavy (non-hydrogen) atoms. The second-order valence-corrected chi connectivity index (χ2v) is 5.60. The molecule has 134 valence electrons. The fourth-order valence-corrected chi connectivity index (χ4v) is 2.53. The zero-order valence-corrected chi connectivity index (χ0v) is 12.4. The highest BCUT2D eigenvalue weighted by molar-refractivity contribution is 5.80. The molecule has 0 aromatic carbocycles. The Balaban J connectivity index is 0.000000256. The third-order valence-electron chi connectivity index (χ3n) is 3.90. The molecule has 0 spiro atoms. The molecule has 1 amide bonds. The Morgan fingerprint density at radius 2 is 1.88 bits per heavy atom. The average Bonchev–Trinajstić information content (AvgIpc) is 3.02. The zero-order chi connectivity index (χ0) is 18.1. The normalized spacial score (nSPS) is 22.3. The van der Waals surface area contributed by atoms with Gasteiger partial charge in [-0.15, -0.1) is 0 Å². The van der Waals surface area contributed by atoms with Crippen molar-refractivity contribution in [1.29, 1.82) is 0 Å². The van der Waals surface area contributed by atoms with Crippen LogP contribution in [-0.4, -0.2) is 54.6 Å². The molecule has 1 aliphatic heterocycles. The number of carboxylic acids is 1. The van der Waals surface area contributed by atoms with E-state index in [1.54, 1.807) is 4.90 Å². The van der Waals surface area contributed by atoms with Crippen LogP contribution in [0.15, 0.2) is 0 Å². The lowest BCUT2D eigenvalue weighted by atomic mass is 9.81. The number of hydrogen-bond donors (Lipinski definition) is 4. The van der Waals surface area contributed by atoms with E-state index < -0.39 is 12.1 Å². The summed E-state index contributed by atoms with van der Waals surface area (Å²) in [5, 5.41) is 32.3. The lowest BCUT2D eigenvalue weighted by molar-refractivity contribution is -0.192. The number of aliphatic hydroxyl groups is 2. The summed E-state index contributed by atoms with van der Waals surface area (Å²) in [6, 6.07) is 0. The Hall–Kier alpha value is -2.14. The molecular weight excluding hydrogens is 335 g/mol. The summed E-state index contributed by atoms with van der Waals surface area (Å²) >= 11 is 0. The molecule has 1 aromatic heterocycles. The van der Waals surface area contributed by atoms with Crippen LogP contribution in [-0.2, 0) is 29.3 Å². The first-order valence-electron chi connectivity index (χ1n) is 7.06. The highest BCUT2D eigenvalue weighted by Crippen LogP contribution is 2.32. The molecule has 3 rings (SSSR count). The van der Waals surface area contributed by atoms with E-state index in [0.29, 0.717) is 31.6 Å². The van der Waals surface area contributed by atoms with Crippen LogP contribution in [0, 0.1) is 5.92 Å². The monoisotopic (exact) mass is 351 g/mol. The topological polar surface area (TPSA) is 127 Å². The van der Waals surface area contributed by atoms with Crippen LogP contribution < -0.4 is 0 Å². The Bertz CT molecular complexity index is 625. The molecule has 1 aromatic rings. The Morgan fingerprint density at radius 3 is 2.33 bits per heavy atom. The number of nitrogens with zero attached hydrogens (tertiary/aromatic N) is 2. The van der Waals surface area contributed by atoms with Crippen molar-refractivity contribution in [2.75, 3.05) is 0 Å². The molecule has 2 heterocycles. The number of alkyl halides is 3. The SMILES string of the molecule is O=C(C1CC(O)C1)N1Cc2[nH]nc(CO)c2C1.O=C(O)C(F)(F)F. The highest BCUT2D eigenvalue weighted by Gasteiger charge is 2.39. The summed E-state index contributed by atoms with van der Waals surface area (Å²) in [7, 11) is 0. The number of aliphatic hydroxyl groups excluding tert-OH is 2. The highest BCUT2D eigenvalue weighted by atomic mass is 19.4. The fourth-order valence-electron chi connectivity index (χ4n) is 2.53. The largest absolute Gasteiger partial charge is 0.490 e. The number of amides is 1. The summed E-state index contributed by atoms with van der Waals surface area (Å²) in [4.78, 5) is 22.7. The van der Waals surface area contributed by atoms with Crippen LogP contribution in [0.3, 0.4) is 0 Å². The number of nitrogens with one attached hydrogen (secondary N) is 1. The van der Waals surface area contributed by atoms with E-state index in [1.165, 1.54) is 0 Å². The molecule has 8 nitrogen and oxygen atoms in total. The van der Waals surface area contributed by atoms with Crippen LogP contribution in [0.2, 0.25) is 0 Å². The smallest absolute Gasteiger partial charge is 0.475 e. The maximum atomic E-state index is 12.1. The van der Waals surface area contributed by atoms with Gasteiger partial charge in [0.15, 0.2) is 0 Å². The van der Waals surface area contributed by atoms with Crippen LogP contribution in [0.4, 0.5) is 13.2 Å². The maximum absolute atomic E-state index is 12.1. The summed E-state index contributed by atoms with van der Waals surface area (Å²) in [5.41, 5.74) is 2.49. The minimum absolute atomic E-state index is 0.0282. The summed E-state index contributed by atoms with van der Waals surface area (Å²) in [6.45, 7) is 0.955. The molecule has 4 N–H and O–H groups in total. The molecule has 0 unspecified atom stereocenters. The quantitative estimate of drug-likeness (QED) is 0.601. The predicted octanol–water partition coefficient (Wildman–Crippen LogP) is 0.148. The van der Waals surface area contributed by atoms with Gasteiger partial charge >= 0.3 is 12.1 Å². The summed E-state index contributed by atoms with van der Waals surface area (Å²) in [5.74, 6) is -2.68. The maximum Gasteiger partial charge on any atom is 0.490 e. The van der Waals surface area contributed by atoms with Crippen molar-refractivity contribution < 1.29 is 38.1 Å². The van der Waals surface area contributed by atoms with Gasteiger partial charge in [0.25, 0.3) is 0 Å². The number of rotatable bonds is 2. The summed E-state index contributed by atoms with van der Waals surface area (Å²) in [6.07, 6.45) is -4.23. The van der Waals surface area contributed by atoms with Gasteiger partial charge in [0.05, 0.1) is 30.6 Å². The van der Waals surface area contributed by atoms with Gasteiger partial charge in [-0.2, -0.15) is 18.3 Å². The van der Waals surface area contributed by atoms with E-state index in [2.05, 4.69) is 10.2 Å². The molecule has 1 fully saturated rings. The Morgan fingerprint density at radius 1 is 1.29 bits per heavy atom. The first kappa shape index (κ1) is 18.2. The van der Waals surface area contributed by atoms with Crippen molar-refractivity contribution in [2.45, 2.75) is 44.8 Å². The fraction of sp³-hybridized carbons (Fsp3) is 0.615. The van der Waals surface area contributed by atoms with Gasteiger partial charge in [-0.25, -0.2) is 4.79 Å². The number of aromatic amines is 1. The van der Waals surface area contributed by atoms with Crippen LogP contribution in [0.5, 0.6) is 0 Å². The molecule has 11 heteroatoms. The molecule has 0 atom stereocenters. The van der Waals surface area contributed by atoms with Crippen molar-refractivity contribution in [2.24, 2.45) is 5.92 Å². The Labute approximate surface area is 133 Å². The number of fused-ring (bicyclic) bond motifs is 1. The molecule has 1 saturated carbocycles. The molecule has 0 bridgehead atoms. The van der Waals surface area contributed by atoms with E-state index in [4.69, 9.17) is 15.0 Å². The first-order valence-corrected chi connectivity index (χ1v) is 7.06. The van der Waals surface area contributed by atoms with Gasteiger partial charge in [0.2, 0.25) is 5.91 Å². The van der Waals surface area contributed by atoms with Crippen LogP contribution >= 0.6 is 0 Å². The van der Waals surface area contributed by atoms with E-state index in [-0.39, 0.29) is 24.5 Å². The second kappa shape index (κ2) is 6.77. The van der Waals surface area contributed by atoms with Crippen LogP contribution in [0.1, 0.15) is 29.8 Å². The van der Waals surface area contributed by atoms with Gasteiger partial charge < -0.3 is 20.2 Å². The van der Waals surface area contributed by atoms with Crippen molar-refractivity contribution >= 4 is 11.9 Å². The first-order chi connectivity index (χ1) is 11.1. The molecule has 2 aliphatic rings. The second-order valence-electron chi connectivity index (χ2n) is 5.60. The third kappa shape index (κ3) is 3.85. The van der Waals surface area contributed by atoms with E-state index in [0.717, 1.165) is 11.3 Å².